The fourth-order valence-electron chi connectivity index (χ4n) is 9.87. The van der Waals surface area contributed by atoms with E-state index in [9.17, 15) is 19.5 Å². The number of carbonyl (C=O) groups excluding carboxylic acids is 3. The molecule has 8 rings (SSSR count). The van der Waals surface area contributed by atoms with Crippen molar-refractivity contribution in [3.63, 3.8) is 0 Å². The summed E-state index contributed by atoms with van der Waals surface area (Å²) in [4.78, 5) is 48.9. The van der Waals surface area contributed by atoms with Gasteiger partial charge in [-0.05, 0) is 92.4 Å². The van der Waals surface area contributed by atoms with Gasteiger partial charge in [-0.15, -0.1) is 0 Å². The van der Waals surface area contributed by atoms with Crippen LogP contribution in [0, 0.1) is 17.8 Å². The summed E-state index contributed by atoms with van der Waals surface area (Å²) in [5, 5.41) is 14.2. The lowest BCUT2D eigenvalue weighted by atomic mass is 9.67. The largest absolute Gasteiger partial charge is 0.391 e. The number of carbonyl (C=O) groups is 3. The molecule has 0 bridgehead atoms. The van der Waals surface area contributed by atoms with Gasteiger partial charge in [-0.25, -0.2) is 0 Å². The highest BCUT2D eigenvalue weighted by molar-refractivity contribution is 5.93. The topological polar surface area (TPSA) is 93.2 Å². The van der Waals surface area contributed by atoms with Gasteiger partial charge in [0.2, 0.25) is 17.7 Å². The van der Waals surface area contributed by atoms with Crippen molar-refractivity contribution in [1.29, 1.82) is 0 Å². The van der Waals surface area contributed by atoms with Crippen LogP contribution >= 0.6 is 0 Å². The summed E-state index contributed by atoms with van der Waals surface area (Å²) in [5.41, 5.74) is 2.13. The van der Waals surface area contributed by atoms with Crippen LogP contribution in [0.4, 0.5) is 0 Å². The van der Waals surface area contributed by atoms with Crippen LogP contribution in [0.2, 0.25) is 0 Å². The molecule has 4 atom stereocenters. The smallest absolute Gasteiger partial charge is 0.246 e. The molecule has 3 aromatic rings. The first-order chi connectivity index (χ1) is 25.4. The quantitative estimate of drug-likeness (QED) is 0.248. The molecule has 5 aliphatic rings. The van der Waals surface area contributed by atoms with Gasteiger partial charge in [0.15, 0.2) is 0 Å². The maximum Gasteiger partial charge on any atom is 0.246 e. The Morgan fingerprint density at radius 2 is 1.25 bits per heavy atom. The second kappa shape index (κ2) is 15.2. The lowest BCUT2D eigenvalue weighted by Gasteiger charge is -2.39. The first-order valence-electron chi connectivity index (χ1n) is 19.9. The van der Waals surface area contributed by atoms with E-state index in [1.165, 1.54) is 38.6 Å². The van der Waals surface area contributed by atoms with Gasteiger partial charge in [0.1, 0.15) is 12.1 Å². The molecule has 0 radical (unpaired) electrons. The lowest BCUT2D eigenvalue weighted by Crippen LogP contribution is -2.54. The minimum atomic E-state index is -0.815. The monoisotopic (exact) mass is 702 g/mol. The van der Waals surface area contributed by atoms with Gasteiger partial charge in [0.25, 0.3) is 0 Å². The zero-order chi connectivity index (χ0) is 35.7. The van der Waals surface area contributed by atoms with E-state index >= 15 is 0 Å². The molecule has 3 aliphatic heterocycles. The molecule has 2 saturated carbocycles. The van der Waals surface area contributed by atoms with Gasteiger partial charge >= 0.3 is 0 Å². The molecular formula is C44H54N4O4. The van der Waals surface area contributed by atoms with Crippen LogP contribution in [-0.4, -0.2) is 94.5 Å². The molecule has 2 N–H and O–H groups in total. The van der Waals surface area contributed by atoms with Crippen LogP contribution in [0.25, 0.3) is 0 Å². The van der Waals surface area contributed by atoms with E-state index in [1.54, 1.807) is 9.80 Å². The molecule has 8 nitrogen and oxygen atoms in total. The third-order valence-corrected chi connectivity index (χ3v) is 12.7. The van der Waals surface area contributed by atoms with E-state index in [0.29, 0.717) is 25.4 Å². The van der Waals surface area contributed by atoms with Crippen molar-refractivity contribution in [3.05, 3.63) is 108 Å². The fourth-order valence-corrected chi connectivity index (χ4v) is 9.87. The number of amides is 3. The van der Waals surface area contributed by atoms with Crippen LogP contribution < -0.4 is 5.32 Å². The third-order valence-electron chi connectivity index (χ3n) is 12.7. The normalized spacial score (nSPS) is 25.4. The van der Waals surface area contributed by atoms with Crippen molar-refractivity contribution < 1.29 is 19.5 Å². The van der Waals surface area contributed by atoms with E-state index in [-0.39, 0.29) is 37.1 Å². The standard InChI is InChI=1S/C44H54N4O4/c49-37-26-39(43(52)47-25-11-19-38(47)42(51)45-28-31-12-10-24-46(29-31)41(32-20-21-32)33-22-23-33)48(30-37)40(50)27-44(34-13-4-1-5-14-34,35-15-6-2-7-16-35)36-17-8-3-9-18-36/h1-9,13-18,31-33,37-39,41,49H,10-12,19-30H2,(H,45,51)/t31-,37+,38+,39-/m0/s1. The number of nitrogens with one attached hydrogen (secondary N) is 1. The second-order valence-electron chi connectivity index (χ2n) is 16.2. The van der Waals surface area contributed by atoms with Crippen LogP contribution in [0.3, 0.4) is 0 Å². The SMILES string of the molecule is O=C(NC[C@@H]1CCCN(C(C2CC2)C2CC2)C1)[C@H]1CCCN1C(=O)[C@@H]1C[C@@H](O)CN1C(=O)CC(c1ccccc1)(c1ccccc1)c1ccccc1. The predicted octanol–water partition coefficient (Wildman–Crippen LogP) is 5.38. The van der Waals surface area contributed by atoms with E-state index in [2.05, 4.69) is 46.6 Å². The van der Waals surface area contributed by atoms with Crippen molar-refractivity contribution in [3.8, 4) is 0 Å². The summed E-state index contributed by atoms with van der Waals surface area (Å²) < 4.78 is 0. The molecule has 0 spiro atoms. The minimum Gasteiger partial charge on any atom is -0.391 e. The summed E-state index contributed by atoms with van der Waals surface area (Å²) in [5.74, 6) is 1.69. The lowest BCUT2D eigenvalue weighted by molar-refractivity contribution is -0.147. The Balaban J connectivity index is 0.976. The number of aliphatic hydroxyl groups excluding tert-OH is 1. The van der Waals surface area contributed by atoms with Crippen LogP contribution in [0.1, 0.15) is 80.9 Å². The van der Waals surface area contributed by atoms with Gasteiger partial charge in [-0.3, -0.25) is 19.3 Å². The number of aliphatic hydroxyl groups is 1. The molecular weight excluding hydrogens is 649 g/mol. The highest BCUT2D eigenvalue weighted by atomic mass is 16.3. The molecule has 52 heavy (non-hydrogen) atoms. The molecule has 274 valence electrons. The Labute approximate surface area is 308 Å². The highest BCUT2D eigenvalue weighted by Crippen LogP contribution is 2.48. The van der Waals surface area contributed by atoms with Crippen LogP contribution in [0.15, 0.2) is 91.0 Å². The number of hydrogen-bond acceptors (Lipinski definition) is 5. The zero-order valence-corrected chi connectivity index (χ0v) is 30.3. The van der Waals surface area contributed by atoms with E-state index in [1.807, 2.05) is 54.6 Å². The maximum absolute atomic E-state index is 14.7. The van der Waals surface area contributed by atoms with Gasteiger partial charge in [0, 0.05) is 45.1 Å². The molecule has 3 saturated heterocycles. The van der Waals surface area contributed by atoms with Crippen molar-refractivity contribution in [2.75, 3.05) is 32.7 Å². The summed E-state index contributed by atoms with van der Waals surface area (Å²) in [6.07, 6.45) is 8.61. The second-order valence-corrected chi connectivity index (χ2v) is 16.2. The number of nitrogens with zero attached hydrogens (tertiary/aromatic N) is 3. The molecule has 3 amide bonds. The Hall–Kier alpha value is -4.01. The number of rotatable bonds is 12. The van der Waals surface area contributed by atoms with E-state index < -0.39 is 23.6 Å². The molecule has 2 aliphatic carbocycles. The van der Waals surface area contributed by atoms with Crippen molar-refractivity contribution in [2.45, 2.75) is 93.9 Å². The Morgan fingerprint density at radius 1 is 0.692 bits per heavy atom. The summed E-state index contributed by atoms with van der Waals surface area (Å²) in [6, 6.07) is 29.6. The average Bonchev–Trinajstić information content (AvgIpc) is 4.12. The number of piperidine rings is 1. The first kappa shape index (κ1) is 35.0. The Bertz CT molecular complexity index is 1590. The predicted molar refractivity (Wildman–Crippen MR) is 201 cm³/mol. The van der Waals surface area contributed by atoms with Gasteiger partial charge in [0.05, 0.1) is 11.5 Å². The maximum atomic E-state index is 14.7. The first-order valence-corrected chi connectivity index (χ1v) is 19.9. The summed E-state index contributed by atoms with van der Waals surface area (Å²) in [7, 11) is 0. The van der Waals surface area contributed by atoms with Gasteiger partial charge in [-0.1, -0.05) is 91.0 Å². The van der Waals surface area contributed by atoms with Crippen molar-refractivity contribution in [2.24, 2.45) is 17.8 Å². The van der Waals surface area contributed by atoms with Crippen LogP contribution in [0.5, 0.6) is 0 Å². The van der Waals surface area contributed by atoms with E-state index in [0.717, 1.165) is 54.0 Å². The van der Waals surface area contributed by atoms with Crippen molar-refractivity contribution >= 4 is 17.7 Å². The summed E-state index contributed by atoms with van der Waals surface area (Å²) >= 11 is 0. The molecule has 3 aromatic carbocycles. The third kappa shape index (κ3) is 7.16. The van der Waals surface area contributed by atoms with Crippen molar-refractivity contribution in [1.82, 2.24) is 20.0 Å². The molecule has 0 unspecified atom stereocenters. The highest BCUT2D eigenvalue weighted by Gasteiger charge is 2.48. The zero-order valence-electron chi connectivity index (χ0n) is 30.3. The minimum absolute atomic E-state index is 0.0865. The van der Waals surface area contributed by atoms with E-state index in [4.69, 9.17) is 0 Å². The molecule has 3 heterocycles. The Kier molecular flexibility index (Phi) is 10.2. The number of β-amino-alcohol motifs (C(OH)–C–C–N with tert-alkyl or cyclic N) is 1. The molecule has 8 heteroatoms. The van der Waals surface area contributed by atoms with Gasteiger partial charge in [-0.2, -0.15) is 0 Å². The van der Waals surface area contributed by atoms with Crippen LogP contribution in [-0.2, 0) is 19.8 Å². The van der Waals surface area contributed by atoms with Gasteiger partial charge < -0.3 is 20.2 Å². The number of hydrogen-bond donors (Lipinski definition) is 2. The number of likely N-dealkylation sites (tertiary alicyclic amines) is 3. The number of benzene rings is 3. The average molecular weight is 703 g/mol. The fraction of sp³-hybridized carbons (Fsp3) is 0.523. The molecule has 0 aromatic heterocycles. The Morgan fingerprint density at radius 3 is 1.81 bits per heavy atom. The molecule has 5 fully saturated rings. The summed E-state index contributed by atoms with van der Waals surface area (Å²) in [6.45, 7) is 3.45.